The smallest absolute Gasteiger partial charge is 0.319 e. The lowest BCUT2D eigenvalue weighted by Crippen LogP contribution is -2.44. The number of benzene rings is 2. The molecule has 1 saturated heterocycles. The summed E-state index contributed by atoms with van der Waals surface area (Å²) in [4.78, 5) is 29.5. The summed E-state index contributed by atoms with van der Waals surface area (Å²) >= 11 is 6.33. The highest BCUT2D eigenvalue weighted by atomic mass is 35.5. The van der Waals surface area contributed by atoms with Crippen LogP contribution in [0.4, 0.5) is 4.79 Å². The van der Waals surface area contributed by atoms with E-state index in [4.69, 9.17) is 16.7 Å². The van der Waals surface area contributed by atoms with Crippen LogP contribution in [0.3, 0.4) is 0 Å². The second kappa shape index (κ2) is 9.60. The van der Waals surface area contributed by atoms with Gasteiger partial charge >= 0.3 is 6.03 Å². The molecule has 3 amide bonds. The van der Waals surface area contributed by atoms with Gasteiger partial charge in [0.25, 0.3) is 5.91 Å². The summed E-state index contributed by atoms with van der Waals surface area (Å²) in [6, 6.07) is 16.8. The van der Waals surface area contributed by atoms with Crippen molar-refractivity contribution in [2.75, 3.05) is 13.7 Å². The van der Waals surface area contributed by atoms with Crippen molar-refractivity contribution in [3.8, 4) is 0 Å². The first-order chi connectivity index (χ1) is 16.3. The number of urea groups is 1. The van der Waals surface area contributed by atoms with Crippen LogP contribution >= 0.6 is 11.6 Å². The molecule has 1 aromatic heterocycles. The number of carbonyl (C=O) groups excluding carboxylic acids is 2. The van der Waals surface area contributed by atoms with E-state index >= 15 is 0 Å². The molecule has 0 radical (unpaired) electrons. The van der Waals surface area contributed by atoms with Gasteiger partial charge in [-0.05, 0) is 44.5 Å². The van der Waals surface area contributed by atoms with Crippen LogP contribution in [0.2, 0.25) is 5.02 Å². The highest BCUT2D eigenvalue weighted by molar-refractivity contribution is 6.31. The highest BCUT2D eigenvalue weighted by Crippen LogP contribution is 2.32. The van der Waals surface area contributed by atoms with E-state index in [2.05, 4.69) is 5.32 Å². The summed E-state index contributed by atoms with van der Waals surface area (Å²) < 4.78 is 1.95. The third-order valence-corrected chi connectivity index (χ3v) is 6.96. The normalized spacial score (nSPS) is 18.1. The summed E-state index contributed by atoms with van der Waals surface area (Å²) in [5.74, 6) is -0.221. The van der Waals surface area contributed by atoms with Crippen LogP contribution in [-0.2, 0) is 23.4 Å². The number of nitrogens with one attached hydrogen (secondary N) is 1. The van der Waals surface area contributed by atoms with E-state index in [1.54, 1.807) is 0 Å². The zero-order chi connectivity index (χ0) is 24.5. The van der Waals surface area contributed by atoms with Crippen molar-refractivity contribution < 1.29 is 9.59 Å². The molecule has 1 atom stereocenters. The number of amides is 3. The van der Waals surface area contributed by atoms with Crippen molar-refractivity contribution in [1.82, 2.24) is 24.9 Å². The number of aromatic nitrogens is 2. The maximum Gasteiger partial charge on any atom is 0.326 e. The topological polar surface area (TPSA) is 70.5 Å². The maximum absolute atomic E-state index is 13.4. The van der Waals surface area contributed by atoms with E-state index in [0.717, 1.165) is 28.1 Å². The van der Waals surface area contributed by atoms with E-state index in [1.807, 2.05) is 92.0 Å². The Morgan fingerprint density at radius 2 is 1.74 bits per heavy atom. The van der Waals surface area contributed by atoms with Crippen molar-refractivity contribution in [2.45, 2.75) is 45.8 Å². The van der Waals surface area contributed by atoms with Gasteiger partial charge in [0, 0.05) is 22.8 Å². The molecule has 0 saturated carbocycles. The van der Waals surface area contributed by atoms with Crippen LogP contribution in [0.15, 0.2) is 54.6 Å². The Morgan fingerprint density at radius 3 is 2.41 bits per heavy atom. The number of imide groups is 1. The first-order valence-corrected chi connectivity index (χ1v) is 11.8. The number of halogens is 1. The van der Waals surface area contributed by atoms with Crippen molar-refractivity contribution in [1.29, 1.82) is 0 Å². The number of carbonyl (C=O) groups is 2. The van der Waals surface area contributed by atoms with Crippen molar-refractivity contribution in [2.24, 2.45) is 0 Å². The van der Waals surface area contributed by atoms with Gasteiger partial charge in [-0.1, -0.05) is 67.1 Å². The Labute approximate surface area is 205 Å². The zero-order valence-corrected chi connectivity index (χ0v) is 20.8. The number of aryl methyl sites for hydroxylation is 1. The lowest BCUT2D eigenvalue weighted by Gasteiger charge is -2.27. The van der Waals surface area contributed by atoms with E-state index in [1.165, 1.54) is 4.90 Å². The number of hydrogen-bond donors (Lipinski definition) is 1. The quantitative estimate of drug-likeness (QED) is 0.484. The molecule has 0 spiro atoms. The summed E-state index contributed by atoms with van der Waals surface area (Å²) in [6.07, 6.45) is 0.481. The van der Waals surface area contributed by atoms with Gasteiger partial charge in [-0.3, -0.25) is 14.4 Å². The molecular formula is C26H30ClN5O2. The summed E-state index contributed by atoms with van der Waals surface area (Å²) in [6.45, 7) is 7.25. The minimum atomic E-state index is -1.02. The molecule has 3 aromatic rings. The molecule has 4 rings (SSSR count). The Balaban J connectivity index is 1.49. The number of nitrogens with zero attached hydrogens (tertiary/aromatic N) is 4. The zero-order valence-electron chi connectivity index (χ0n) is 20.0. The second-order valence-electron chi connectivity index (χ2n) is 8.84. The van der Waals surface area contributed by atoms with Gasteiger partial charge in [-0.15, -0.1) is 0 Å². The molecule has 1 aliphatic heterocycles. The molecule has 1 N–H and O–H groups in total. The van der Waals surface area contributed by atoms with E-state index in [-0.39, 0.29) is 18.6 Å². The number of hydrogen-bond acceptors (Lipinski definition) is 4. The van der Waals surface area contributed by atoms with Gasteiger partial charge in [0.2, 0.25) is 0 Å². The van der Waals surface area contributed by atoms with Crippen LogP contribution in [-0.4, -0.2) is 45.2 Å². The molecule has 2 heterocycles. The van der Waals surface area contributed by atoms with Crippen molar-refractivity contribution in [3.05, 3.63) is 87.7 Å². The molecule has 7 nitrogen and oxygen atoms in total. The largest absolute Gasteiger partial charge is 0.326 e. The second-order valence-corrected chi connectivity index (χ2v) is 9.25. The molecule has 1 fully saturated rings. The Kier molecular flexibility index (Phi) is 6.77. The fourth-order valence-electron chi connectivity index (χ4n) is 4.58. The average molecular weight is 480 g/mol. The lowest BCUT2D eigenvalue weighted by molar-refractivity contribution is -0.133. The van der Waals surface area contributed by atoms with Crippen LogP contribution < -0.4 is 5.32 Å². The molecule has 1 unspecified atom stereocenters. The minimum Gasteiger partial charge on any atom is -0.319 e. The van der Waals surface area contributed by atoms with E-state index in [0.29, 0.717) is 24.5 Å². The third kappa shape index (κ3) is 4.33. The molecule has 34 heavy (non-hydrogen) atoms. The van der Waals surface area contributed by atoms with Crippen LogP contribution in [0.5, 0.6) is 0 Å². The van der Waals surface area contributed by atoms with Crippen LogP contribution in [0.1, 0.15) is 41.4 Å². The Bertz CT molecular complexity index is 1210. The fourth-order valence-corrected chi connectivity index (χ4v) is 4.78. The SMILES string of the molecule is CCC1(c2ccccc2)NC(=O)N(CN(C)Cc2c(C)nn(Cc3ccccc3Cl)c2C)C1=O. The van der Waals surface area contributed by atoms with Crippen molar-refractivity contribution in [3.63, 3.8) is 0 Å². The van der Waals surface area contributed by atoms with Crippen LogP contribution in [0.25, 0.3) is 0 Å². The Hall–Kier alpha value is -3.16. The standard InChI is InChI=1S/C26H30ClN5O2/c1-5-26(21-12-7-6-8-13-21)24(33)31(25(34)28-26)17-30(4)16-22-18(2)29-32(19(22)3)15-20-11-9-10-14-23(20)27/h6-14H,5,15-17H2,1-4H3,(H,28,34). The first-order valence-electron chi connectivity index (χ1n) is 11.4. The number of rotatable bonds is 8. The fraction of sp³-hybridized carbons (Fsp3) is 0.346. The molecule has 0 aliphatic carbocycles. The maximum atomic E-state index is 13.4. The molecule has 0 bridgehead atoms. The third-order valence-electron chi connectivity index (χ3n) is 6.59. The first kappa shape index (κ1) is 24.0. The van der Waals surface area contributed by atoms with Gasteiger partial charge < -0.3 is 5.32 Å². The monoisotopic (exact) mass is 479 g/mol. The minimum absolute atomic E-state index is 0.188. The lowest BCUT2D eigenvalue weighted by atomic mass is 9.87. The predicted molar refractivity (Wildman–Crippen MR) is 132 cm³/mol. The van der Waals surface area contributed by atoms with Crippen LogP contribution in [0, 0.1) is 13.8 Å². The van der Waals surface area contributed by atoms with E-state index < -0.39 is 5.54 Å². The molecule has 1 aliphatic rings. The Morgan fingerprint density at radius 1 is 1.06 bits per heavy atom. The molecule has 178 valence electrons. The van der Waals surface area contributed by atoms with Crippen molar-refractivity contribution >= 4 is 23.5 Å². The summed E-state index contributed by atoms with van der Waals surface area (Å²) in [5, 5.41) is 8.37. The van der Waals surface area contributed by atoms with Gasteiger partial charge in [-0.2, -0.15) is 5.10 Å². The molecule has 8 heteroatoms. The van der Waals surface area contributed by atoms with Gasteiger partial charge in [0.1, 0.15) is 5.54 Å². The summed E-state index contributed by atoms with van der Waals surface area (Å²) in [7, 11) is 1.90. The van der Waals surface area contributed by atoms with E-state index in [9.17, 15) is 9.59 Å². The van der Waals surface area contributed by atoms with Gasteiger partial charge in [0.15, 0.2) is 0 Å². The molecular weight excluding hydrogens is 450 g/mol. The van der Waals surface area contributed by atoms with Gasteiger partial charge in [-0.25, -0.2) is 9.69 Å². The highest BCUT2D eigenvalue weighted by Gasteiger charge is 2.51. The predicted octanol–water partition coefficient (Wildman–Crippen LogP) is 4.45. The average Bonchev–Trinajstić information content (AvgIpc) is 3.23. The summed E-state index contributed by atoms with van der Waals surface area (Å²) in [5.41, 5.74) is 3.81. The van der Waals surface area contributed by atoms with Gasteiger partial charge in [0.05, 0.1) is 18.9 Å². The molecule has 2 aromatic carbocycles.